The van der Waals surface area contributed by atoms with Crippen LogP contribution in [0.25, 0.3) is 0 Å². The highest BCUT2D eigenvalue weighted by molar-refractivity contribution is 5.69. The van der Waals surface area contributed by atoms with Gasteiger partial charge in [0.05, 0.1) is 31.7 Å². The average Bonchev–Trinajstić information content (AvgIpc) is 2.55. The lowest BCUT2D eigenvalue weighted by molar-refractivity contribution is -0.138. The van der Waals surface area contributed by atoms with Gasteiger partial charge in [-0.3, -0.25) is 9.69 Å². The van der Waals surface area contributed by atoms with Gasteiger partial charge >= 0.3 is 5.97 Å². The van der Waals surface area contributed by atoms with Crippen molar-refractivity contribution in [1.29, 1.82) is 5.26 Å². The number of methoxy groups -OCH3 is 1. The van der Waals surface area contributed by atoms with Gasteiger partial charge in [0.15, 0.2) is 11.5 Å². The van der Waals surface area contributed by atoms with Crippen molar-refractivity contribution < 1.29 is 19.4 Å². The molecule has 6 heteroatoms. The summed E-state index contributed by atoms with van der Waals surface area (Å²) in [5.41, 5.74) is 0.298. The van der Waals surface area contributed by atoms with Gasteiger partial charge in [0.2, 0.25) is 0 Å². The highest BCUT2D eigenvalue weighted by Gasteiger charge is 2.37. The molecule has 0 saturated carbocycles. The summed E-state index contributed by atoms with van der Waals surface area (Å²) in [4.78, 5) is 12.7. The number of benzene rings is 1. The zero-order chi connectivity index (χ0) is 16.9. The molecule has 23 heavy (non-hydrogen) atoms. The Kier molecular flexibility index (Phi) is 5.45. The standard InChI is InChI=1S/C17H22N2O4/c1-3-23-15-10-13(4-5-14(15)22-2)17(12-18)6-8-19(9-7-17)11-16(20)21/h4-5,10H,3,6-9,11H2,1-2H3,(H,20,21). The van der Waals surface area contributed by atoms with Crippen molar-refractivity contribution in [3.05, 3.63) is 23.8 Å². The van der Waals surface area contributed by atoms with Gasteiger partial charge in [0.1, 0.15) is 0 Å². The van der Waals surface area contributed by atoms with Gasteiger partial charge < -0.3 is 14.6 Å². The third-order valence-electron chi connectivity index (χ3n) is 4.30. The lowest BCUT2D eigenvalue weighted by Crippen LogP contribution is -2.43. The number of hydrogen-bond acceptors (Lipinski definition) is 5. The second kappa shape index (κ2) is 7.34. The zero-order valence-electron chi connectivity index (χ0n) is 13.5. The van der Waals surface area contributed by atoms with E-state index in [4.69, 9.17) is 14.6 Å². The van der Waals surface area contributed by atoms with Crippen molar-refractivity contribution in [2.45, 2.75) is 25.2 Å². The maximum absolute atomic E-state index is 10.8. The van der Waals surface area contributed by atoms with Gasteiger partial charge in [-0.15, -0.1) is 0 Å². The number of nitrogens with zero attached hydrogens (tertiary/aromatic N) is 2. The Morgan fingerprint density at radius 1 is 1.39 bits per heavy atom. The number of carbonyl (C=O) groups is 1. The average molecular weight is 318 g/mol. The summed E-state index contributed by atoms with van der Waals surface area (Å²) in [6, 6.07) is 8.04. The van der Waals surface area contributed by atoms with E-state index in [9.17, 15) is 10.1 Å². The van der Waals surface area contributed by atoms with Crippen molar-refractivity contribution in [2.75, 3.05) is 33.4 Å². The number of nitriles is 1. The fourth-order valence-corrected chi connectivity index (χ4v) is 2.99. The van der Waals surface area contributed by atoms with Crippen molar-refractivity contribution in [3.63, 3.8) is 0 Å². The third-order valence-corrected chi connectivity index (χ3v) is 4.30. The molecule has 0 bridgehead atoms. The van der Waals surface area contributed by atoms with Gasteiger partial charge in [-0.1, -0.05) is 6.07 Å². The molecule has 0 radical (unpaired) electrons. The molecule has 2 rings (SSSR count). The summed E-state index contributed by atoms with van der Waals surface area (Å²) < 4.78 is 10.9. The van der Waals surface area contributed by atoms with E-state index in [1.165, 1.54) is 0 Å². The predicted octanol–water partition coefficient (Wildman–Crippen LogP) is 2.04. The Morgan fingerprint density at radius 2 is 2.09 bits per heavy atom. The fraction of sp³-hybridized carbons (Fsp3) is 0.529. The summed E-state index contributed by atoms with van der Waals surface area (Å²) >= 11 is 0. The maximum atomic E-state index is 10.8. The number of rotatable bonds is 6. The Balaban J connectivity index is 2.23. The van der Waals surface area contributed by atoms with Gasteiger partial charge in [0.25, 0.3) is 0 Å². The van der Waals surface area contributed by atoms with Gasteiger partial charge in [-0.2, -0.15) is 5.26 Å². The summed E-state index contributed by atoms with van der Waals surface area (Å²) in [5.74, 6) is 0.444. The van der Waals surface area contributed by atoms with Crippen LogP contribution in [0.5, 0.6) is 11.5 Å². The number of piperidine rings is 1. The Labute approximate surface area is 136 Å². The number of carboxylic acids is 1. The largest absolute Gasteiger partial charge is 0.493 e. The zero-order valence-corrected chi connectivity index (χ0v) is 13.5. The molecule has 1 N–H and O–H groups in total. The van der Waals surface area contributed by atoms with Crippen LogP contribution < -0.4 is 9.47 Å². The van der Waals surface area contributed by atoms with Crippen LogP contribution >= 0.6 is 0 Å². The second-order valence-electron chi connectivity index (χ2n) is 5.66. The van der Waals surface area contributed by atoms with Crippen LogP contribution in [0.4, 0.5) is 0 Å². The number of likely N-dealkylation sites (tertiary alicyclic amines) is 1. The monoisotopic (exact) mass is 318 g/mol. The van der Waals surface area contributed by atoms with E-state index in [2.05, 4.69) is 6.07 Å². The lowest BCUT2D eigenvalue weighted by Gasteiger charge is -2.37. The molecule has 0 unspecified atom stereocenters. The molecule has 1 aliphatic heterocycles. The smallest absolute Gasteiger partial charge is 0.317 e. The van der Waals surface area contributed by atoms with E-state index in [0.717, 1.165) is 5.56 Å². The van der Waals surface area contributed by atoms with Crippen molar-refractivity contribution in [3.8, 4) is 17.6 Å². The maximum Gasteiger partial charge on any atom is 0.317 e. The molecule has 124 valence electrons. The second-order valence-corrected chi connectivity index (χ2v) is 5.66. The highest BCUT2D eigenvalue weighted by Crippen LogP contribution is 2.39. The number of carboxylic acid groups (broad SMARTS) is 1. The van der Waals surface area contributed by atoms with E-state index in [-0.39, 0.29) is 6.54 Å². The third kappa shape index (κ3) is 3.74. The van der Waals surface area contributed by atoms with Crippen LogP contribution in [0.3, 0.4) is 0 Å². The molecular formula is C17H22N2O4. The molecule has 0 spiro atoms. The van der Waals surface area contributed by atoms with Crippen LogP contribution in [0, 0.1) is 11.3 Å². The molecule has 1 fully saturated rings. The van der Waals surface area contributed by atoms with Crippen LogP contribution in [0.15, 0.2) is 18.2 Å². The van der Waals surface area contributed by atoms with E-state index in [1.807, 2.05) is 30.0 Å². The van der Waals surface area contributed by atoms with Crippen LogP contribution in [0.1, 0.15) is 25.3 Å². The first kappa shape index (κ1) is 17.1. The van der Waals surface area contributed by atoms with E-state index in [0.29, 0.717) is 44.0 Å². The molecule has 0 aliphatic carbocycles. The summed E-state index contributed by atoms with van der Waals surface area (Å²) in [5, 5.41) is 18.6. The van der Waals surface area contributed by atoms with Crippen molar-refractivity contribution >= 4 is 5.97 Å². The summed E-state index contributed by atoms with van der Waals surface area (Å²) in [6.45, 7) is 3.63. The normalized spacial score (nSPS) is 17.3. The first-order valence-corrected chi connectivity index (χ1v) is 7.71. The fourth-order valence-electron chi connectivity index (χ4n) is 2.99. The molecular weight excluding hydrogens is 296 g/mol. The highest BCUT2D eigenvalue weighted by atomic mass is 16.5. The summed E-state index contributed by atoms with van der Waals surface area (Å²) in [7, 11) is 1.59. The number of hydrogen-bond donors (Lipinski definition) is 1. The summed E-state index contributed by atoms with van der Waals surface area (Å²) in [6.07, 6.45) is 1.21. The molecule has 6 nitrogen and oxygen atoms in total. The first-order valence-electron chi connectivity index (χ1n) is 7.71. The quantitative estimate of drug-likeness (QED) is 0.864. The molecule has 1 saturated heterocycles. The van der Waals surface area contributed by atoms with E-state index < -0.39 is 11.4 Å². The first-order chi connectivity index (χ1) is 11.0. The SMILES string of the molecule is CCOc1cc(C2(C#N)CCN(CC(=O)O)CC2)ccc1OC. The van der Waals surface area contributed by atoms with E-state index >= 15 is 0 Å². The van der Waals surface area contributed by atoms with Gasteiger partial charge in [0, 0.05) is 13.1 Å². The molecule has 1 aromatic carbocycles. The minimum atomic E-state index is -0.836. The van der Waals surface area contributed by atoms with Gasteiger partial charge in [-0.25, -0.2) is 0 Å². The van der Waals surface area contributed by atoms with E-state index in [1.54, 1.807) is 7.11 Å². The Morgan fingerprint density at radius 3 is 2.61 bits per heavy atom. The number of aliphatic carboxylic acids is 1. The number of ether oxygens (including phenoxy) is 2. The predicted molar refractivity (Wildman–Crippen MR) is 84.8 cm³/mol. The van der Waals surface area contributed by atoms with Crippen LogP contribution in [-0.4, -0.2) is 49.3 Å². The molecule has 0 aromatic heterocycles. The topological polar surface area (TPSA) is 82.8 Å². The Hall–Kier alpha value is -2.26. The van der Waals surface area contributed by atoms with Gasteiger partial charge in [-0.05, 0) is 37.5 Å². The molecule has 0 amide bonds. The van der Waals surface area contributed by atoms with Crippen molar-refractivity contribution in [1.82, 2.24) is 4.90 Å². The minimum absolute atomic E-state index is 0.0221. The molecule has 0 atom stereocenters. The molecule has 1 heterocycles. The van der Waals surface area contributed by atoms with Crippen LogP contribution in [-0.2, 0) is 10.2 Å². The molecule has 1 aromatic rings. The minimum Gasteiger partial charge on any atom is -0.493 e. The van der Waals surface area contributed by atoms with Crippen LogP contribution in [0.2, 0.25) is 0 Å². The molecule has 1 aliphatic rings. The Bertz CT molecular complexity index is 601. The lowest BCUT2D eigenvalue weighted by atomic mass is 9.74. The van der Waals surface area contributed by atoms with Crippen molar-refractivity contribution in [2.24, 2.45) is 0 Å².